The van der Waals surface area contributed by atoms with Crippen molar-refractivity contribution >= 4 is 17.0 Å². The number of benzene rings is 2. The van der Waals surface area contributed by atoms with Crippen molar-refractivity contribution in [3.8, 4) is 17.2 Å². The van der Waals surface area contributed by atoms with E-state index < -0.39 is 0 Å². The molecule has 5 rings (SSSR count). The average molecular weight is 421 g/mol. The first-order chi connectivity index (χ1) is 14.8. The van der Waals surface area contributed by atoms with Crippen LogP contribution in [0.15, 0.2) is 65.1 Å². The predicted octanol–water partition coefficient (Wildman–Crippen LogP) is 5.79. The van der Waals surface area contributed by atoms with E-state index >= 15 is 0 Å². The Kier molecular flexibility index (Phi) is 5.09. The van der Waals surface area contributed by atoms with Gasteiger partial charge < -0.3 is 14.2 Å². The average Bonchev–Trinajstić information content (AvgIpc) is 3.45. The molecule has 5 nitrogen and oxygen atoms in total. The molecule has 0 N–H and O–H groups in total. The minimum Gasteiger partial charge on any atom is -0.490 e. The Labute approximate surface area is 180 Å². The molecule has 6 heteroatoms. The first kappa shape index (κ1) is 19.0. The summed E-state index contributed by atoms with van der Waals surface area (Å²) >= 11 is 1.73. The lowest BCUT2D eigenvalue weighted by molar-refractivity contribution is -0.0191. The lowest BCUT2D eigenvalue weighted by atomic mass is 9.97. The fraction of sp³-hybridized carbons (Fsp3) is 0.292. The molecule has 0 amide bonds. The largest absolute Gasteiger partial charge is 0.490 e. The predicted molar refractivity (Wildman–Crippen MR) is 119 cm³/mol. The summed E-state index contributed by atoms with van der Waals surface area (Å²) < 4.78 is 18.0. The highest BCUT2D eigenvalue weighted by molar-refractivity contribution is 7.12. The summed E-state index contributed by atoms with van der Waals surface area (Å²) in [5.74, 6) is 2.40. The summed E-state index contributed by atoms with van der Waals surface area (Å²) in [6.45, 7) is 5.12. The molecule has 2 aromatic carbocycles. The van der Waals surface area contributed by atoms with Gasteiger partial charge in [0.05, 0.1) is 29.8 Å². The number of hydrogen-bond donors (Lipinski definition) is 0. The third-order valence-corrected chi connectivity index (χ3v) is 6.28. The zero-order chi connectivity index (χ0) is 20.5. The van der Waals surface area contributed by atoms with Crippen molar-refractivity contribution in [2.24, 2.45) is 5.10 Å². The summed E-state index contributed by atoms with van der Waals surface area (Å²) in [4.78, 5) is 1.21. The lowest BCUT2D eigenvalue weighted by Gasteiger charge is -2.38. The van der Waals surface area contributed by atoms with E-state index in [1.807, 2.05) is 44.2 Å². The SMILES string of the molecule is CCOc1ccc([C@H]2Oc3ccccc3[C@@H]3CC(c4cccs4)=NN23)cc1OCC. The van der Waals surface area contributed by atoms with Crippen LogP contribution in [0.25, 0.3) is 0 Å². The minimum absolute atomic E-state index is 0.152. The first-order valence-electron chi connectivity index (χ1n) is 10.3. The zero-order valence-corrected chi connectivity index (χ0v) is 17.9. The first-order valence-corrected chi connectivity index (χ1v) is 11.2. The van der Waals surface area contributed by atoms with Gasteiger partial charge in [-0.1, -0.05) is 24.3 Å². The molecule has 3 aromatic rings. The van der Waals surface area contributed by atoms with Gasteiger partial charge in [-0.15, -0.1) is 11.3 Å². The smallest absolute Gasteiger partial charge is 0.214 e. The number of thiophene rings is 1. The van der Waals surface area contributed by atoms with Gasteiger partial charge in [0, 0.05) is 17.5 Å². The number of hydrazone groups is 1. The van der Waals surface area contributed by atoms with Crippen LogP contribution in [-0.4, -0.2) is 23.9 Å². The van der Waals surface area contributed by atoms with Crippen LogP contribution in [0.5, 0.6) is 17.2 Å². The van der Waals surface area contributed by atoms with Gasteiger partial charge >= 0.3 is 0 Å². The van der Waals surface area contributed by atoms with Crippen molar-refractivity contribution in [1.82, 2.24) is 5.01 Å². The second-order valence-electron chi connectivity index (χ2n) is 7.20. The van der Waals surface area contributed by atoms with Crippen molar-refractivity contribution < 1.29 is 14.2 Å². The van der Waals surface area contributed by atoms with Gasteiger partial charge in [-0.05, 0) is 49.6 Å². The van der Waals surface area contributed by atoms with E-state index in [1.54, 1.807) is 11.3 Å². The zero-order valence-electron chi connectivity index (χ0n) is 17.1. The van der Waals surface area contributed by atoms with E-state index in [1.165, 1.54) is 10.4 Å². The van der Waals surface area contributed by atoms with Crippen molar-refractivity contribution in [1.29, 1.82) is 0 Å². The van der Waals surface area contributed by atoms with Crippen molar-refractivity contribution in [3.63, 3.8) is 0 Å². The highest BCUT2D eigenvalue weighted by atomic mass is 32.1. The molecular formula is C24H24N2O3S. The lowest BCUT2D eigenvalue weighted by Crippen LogP contribution is -2.33. The number of hydrogen-bond acceptors (Lipinski definition) is 6. The Morgan fingerprint density at radius 1 is 1.03 bits per heavy atom. The molecule has 3 heterocycles. The summed E-state index contributed by atoms with van der Waals surface area (Å²) in [6.07, 6.45) is 0.546. The molecule has 0 bridgehead atoms. The second kappa shape index (κ2) is 8.03. The third kappa shape index (κ3) is 3.31. The van der Waals surface area contributed by atoms with Crippen LogP contribution < -0.4 is 14.2 Å². The molecule has 0 saturated heterocycles. The molecule has 0 fully saturated rings. The molecule has 0 aliphatic carbocycles. The molecule has 0 saturated carbocycles. The van der Waals surface area contributed by atoms with Crippen molar-refractivity contribution in [2.75, 3.05) is 13.2 Å². The fourth-order valence-electron chi connectivity index (χ4n) is 4.07. The van der Waals surface area contributed by atoms with E-state index in [2.05, 4.69) is 34.7 Å². The van der Waals surface area contributed by atoms with Crippen LogP contribution in [0.1, 0.15) is 48.5 Å². The maximum absolute atomic E-state index is 6.46. The number of fused-ring (bicyclic) bond motifs is 3. The highest BCUT2D eigenvalue weighted by Crippen LogP contribution is 2.48. The number of para-hydroxylation sites is 1. The van der Waals surface area contributed by atoms with E-state index in [0.29, 0.717) is 13.2 Å². The Morgan fingerprint density at radius 2 is 1.87 bits per heavy atom. The topological polar surface area (TPSA) is 43.3 Å². The van der Waals surface area contributed by atoms with E-state index in [-0.39, 0.29) is 12.3 Å². The van der Waals surface area contributed by atoms with Crippen LogP contribution >= 0.6 is 11.3 Å². The van der Waals surface area contributed by atoms with Crippen molar-refractivity contribution in [3.05, 3.63) is 76.0 Å². The molecule has 0 radical (unpaired) electrons. The molecule has 2 atom stereocenters. The Bertz CT molecular complexity index is 1060. The summed E-state index contributed by atoms with van der Waals surface area (Å²) in [6, 6.07) is 18.6. The van der Waals surface area contributed by atoms with Crippen LogP contribution in [0.4, 0.5) is 0 Å². The van der Waals surface area contributed by atoms with Gasteiger partial charge in [0.25, 0.3) is 0 Å². The van der Waals surface area contributed by atoms with Gasteiger partial charge in [0.15, 0.2) is 11.5 Å². The van der Waals surface area contributed by atoms with E-state index in [9.17, 15) is 0 Å². The standard InChI is InChI=1S/C24H24N2O3S/c1-3-27-21-12-11-16(14-22(21)28-4-2)24-26-19(17-8-5-6-9-20(17)29-24)15-18(25-26)23-10-7-13-30-23/h5-14,19,24H,3-4,15H2,1-2H3/t19-,24+/m0/s1. The van der Waals surface area contributed by atoms with Gasteiger partial charge in [-0.2, -0.15) is 5.10 Å². The number of nitrogens with zero attached hydrogens (tertiary/aromatic N) is 2. The highest BCUT2D eigenvalue weighted by Gasteiger charge is 2.41. The van der Waals surface area contributed by atoms with Crippen LogP contribution in [0.3, 0.4) is 0 Å². The summed E-state index contributed by atoms with van der Waals surface area (Å²) in [5.41, 5.74) is 3.29. The van der Waals surface area contributed by atoms with Gasteiger partial charge in [-0.3, -0.25) is 0 Å². The maximum Gasteiger partial charge on any atom is 0.214 e. The Balaban J connectivity index is 1.56. The monoisotopic (exact) mass is 420 g/mol. The number of ether oxygens (including phenoxy) is 3. The molecule has 1 aromatic heterocycles. The molecule has 2 aliphatic heterocycles. The third-order valence-electron chi connectivity index (χ3n) is 5.36. The molecule has 0 unspecified atom stereocenters. The van der Waals surface area contributed by atoms with Crippen molar-refractivity contribution in [2.45, 2.75) is 32.5 Å². The molecule has 154 valence electrons. The summed E-state index contributed by atoms with van der Waals surface area (Å²) in [7, 11) is 0. The van der Waals surface area contributed by atoms with Crippen LogP contribution in [0, 0.1) is 0 Å². The van der Waals surface area contributed by atoms with E-state index in [4.69, 9.17) is 19.3 Å². The fourth-order valence-corrected chi connectivity index (χ4v) is 4.79. The Hall–Kier alpha value is -2.99. The molecule has 0 spiro atoms. The van der Waals surface area contributed by atoms with Gasteiger partial charge in [-0.25, -0.2) is 5.01 Å². The maximum atomic E-state index is 6.46. The molecule has 2 aliphatic rings. The quantitative estimate of drug-likeness (QED) is 0.506. The second-order valence-corrected chi connectivity index (χ2v) is 8.15. The Morgan fingerprint density at radius 3 is 2.67 bits per heavy atom. The number of rotatable bonds is 6. The van der Waals surface area contributed by atoms with Crippen LogP contribution in [-0.2, 0) is 0 Å². The molecule has 30 heavy (non-hydrogen) atoms. The van der Waals surface area contributed by atoms with Gasteiger partial charge in [0.1, 0.15) is 5.75 Å². The van der Waals surface area contributed by atoms with E-state index in [0.717, 1.165) is 34.9 Å². The molecular weight excluding hydrogens is 396 g/mol. The minimum atomic E-state index is -0.322. The normalized spacial score (nSPS) is 19.5. The van der Waals surface area contributed by atoms with Crippen LogP contribution in [0.2, 0.25) is 0 Å². The van der Waals surface area contributed by atoms with Gasteiger partial charge in [0.2, 0.25) is 6.23 Å². The summed E-state index contributed by atoms with van der Waals surface area (Å²) in [5, 5.41) is 9.20.